The second-order valence-corrected chi connectivity index (χ2v) is 11.7. The third-order valence-electron chi connectivity index (χ3n) is 6.05. The van der Waals surface area contributed by atoms with Gasteiger partial charge in [-0.1, -0.05) is 0 Å². The van der Waals surface area contributed by atoms with Crippen molar-refractivity contribution in [3.05, 3.63) is 0 Å². The van der Waals surface area contributed by atoms with Crippen molar-refractivity contribution >= 4 is 24.1 Å². The summed E-state index contributed by atoms with van der Waals surface area (Å²) in [5.41, 5.74) is -1.44. The highest BCUT2D eigenvalue weighted by Crippen LogP contribution is 2.32. The van der Waals surface area contributed by atoms with E-state index < -0.39 is 16.6 Å². The Morgan fingerprint density at radius 1 is 0.730 bits per heavy atom. The standard InChI is InChI=1S/C14H25NO4.C13H23NO4/c1-6-18-11(16)14(5)7-9-15(10-8-14)12(17)19-13(2,3)4;1-5-17-11(15)10-6-8-14(9-7-10)12(16)18-13(2,3)4/h6-10H2,1-5H3;10H,5-9H2,1-4H3. The van der Waals surface area contributed by atoms with E-state index in [2.05, 4.69) is 0 Å². The molecule has 0 aromatic carbocycles. The van der Waals surface area contributed by atoms with Gasteiger partial charge in [0.15, 0.2) is 0 Å². The van der Waals surface area contributed by atoms with Crippen LogP contribution in [0.25, 0.3) is 0 Å². The summed E-state index contributed by atoms with van der Waals surface area (Å²) in [5.74, 6) is -0.399. The molecule has 10 heteroatoms. The van der Waals surface area contributed by atoms with Crippen molar-refractivity contribution in [1.82, 2.24) is 9.80 Å². The van der Waals surface area contributed by atoms with E-state index in [0.29, 0.717) is 65.1 Å². The van der Waals surface area contributed by atoms with Gasteiger partial charge in [0.2, 0.25) is 0 Å². The normalized spacial score (nSPS) is 18.2. The number of amides is 2. The fourth-order valence-corrected chi connectivity index (χ4v) is 3.90. The van der Waals surface area contributed by atoms with Crippen molar-refractivity contribution in [3.8, 4) is 0 Å². The van der Waals surface area contributed by atoms with E-state index in [1.54, 1.807) is 23.6 Å². The molecule has 0 aliphatic carbocycles. The van der Waals surface area contributed by atoms with Crippen molar-refractivity contribution in [3.63, 3.8) is 0 Å². The van der Waals surface area contributed by atoms with E-state index in [1.807, 2.05) is 48.5 Å². The first-order valence-corrected chi connectivity index (χ1v) is 13.3. The second kappa shape index (κ2) is 13.9. The van der Waals surface area contributed by atoms with E-state index in [1.165, 1.54) is 0 Å². The molecule has 0 saturated carbocycles. The van der Waals surface area contributed by atoms with Crippen LogP contribution in [0.15, 0.2) is 0 Å². The van der Waals surface area contributed by atoms with Crippen LogP contribution in [0.3, 0.4) is 0 Å². The Kier molecular flexibility index (Phi) is 12.2. The van der Waals surface area contributed by atoms with Gasteiger partial charge in [-0.3, -0.25) is 9.59 Å². The summed E-state index contributed by atoms with van der Waals surface area (Å²) in [5, 5.41) is 0. The smallest absolute Gasteiger partial charge is 0.410 e. The number of carbonyl (C=O) groups excluding carboxylic acids is 4. The number of likely N-dealkylation sites (tertiary alicyclic amines) is 2. The van der Waals surface area contributed by atoms with Crippen LogP contribution in [-0.2, 0) is 28.5 Å². The number of hydrogen-bond acceptors (Lipinski definition) is 8. The zero-order chi connectivity index (χ0) is 28.4. The molecule has 214 valence electrons. The molecule has 0 atom stereocenters. The van der Waals surface area contributed by atoms with Gasteiger partial charge in [0.1, 0.15) is 11.2 Å². The third-order valence-corrected chi connectivity index (χ3v) is 6.05. The number of hydrogen-bond donors (Lipinski definition) is 0. The zero-order valence-corrected chi connectivity index (χ0v) is 24.3. The SMILES string of the molecule is CCOC(=O)C1(C)CCN(C(=O)OC(C)(C)C)CC1.CCOC(=O)C1CCN(C(=O)OC(C)(C)C)CC1. The Labute approximate surface area is 222 Å². The molecule has 37 heavy (non-hydrogen) atoms. The summed E-state index contributed by atoms with van der Waals surface area (Å²) in [4.78, 5) is 50.4. The maximum Gasteiger partial charge on any atom is 0.410 e. The topological polar surface area (TPSA) is 112 Å². The van der Waals surface area contributed by atoms with Crippen LogP contribution in [-0.4, -0.2) is 84.5 Å². The molecule has 2 heterocycles. The van der Waals surface area contributed by atoms with Gasteiger partial charge < -0.3 is 28.7 Å². The van der Waals surface area contributed by atoms with E-state index >= 15 is 0 Å². The molecular weight excluding hydrogens is 480 g/mol. The first-order chi connectivity index (χ1) is 17.0. The quantitative estimate of drug-likeness (QED) is 0.378. The van der Waals surface area contributed by atoms with Gasteiger partial charge in [-0.25, -0.2) is 9.59 Å². The lowest BCUT2D eigenvalue weighted by Gasteiger charge is -2.37. The molecule has 0 N–H and O–H groups in total. The predicted molar refractivity (Wildman–Crippen MR) is 139 cm³/mol. The molecule has 2 saturated heterocycles. The van der Waals surface area contributed by atoms with E-state index in [9.17, 15) is 19.2 Å². The lowest BCUT2D eigenvalue weighted by atomic mass is 9.80. The van der Waals surface area contributed by atoms with Gasteiger partial charge in [0.05, 0.1) is 24.5 Å². The van der Waals surface area contributed by atoms with E-state index in [-0.39, 0.29) is 30.0 Å². The third kappa shape index (κ3) is 11.6. The molecule has 0 radical (unpaired) electrons. The largest absolute Gasteiger partial charge is 0.466 e. The molecule has 0 aromatic rings. The average Bonchev–Trinajstić information content (AvgIpc) is 2.78. The molecule has 2 amide bonds. The molecule has 2 aliphatic rings. The van der Waals surface area contributed by atoms with Crippen LogP contribution < -0.4 is 0 Å². The van der Waals surface area contributed by atoms with Gasteiger partial charge in [-0.05, 0) is 88.0 Å². The molecule has 0 aromatic heterocycles. The molecule has 2 rings (SSSR count). The molecule has 0 bridgehead atoms. The van der Waals surface area contributed by atoms with Gasteiger partial charge in [0, 0.05) is 26.2 Å². The Morgan fingerprint density at radius 2 is 1.14 bits per heavy atom. The minimum Gasteiger partial charge on any atom is -0.466 e. The molecule has 2 aliphatic heterocycles. The number of rotatable bonds is 4. The fraction of sp³-hybridized carbons (Fsp3) is 0.852. The van der Waals surface area contributed by atoms with Crippen LogP contribution in [0.2, 0.25) is 0 Å². The summed E-state index contributed by atoms with van der Waals surface area (Å²) in [7, 11) is 0. The highest BCUT2D eigenvalue weighted by molar-refractivity contribution is 5.77. The molecular formula is C27H48N2O8. The predicted octanol–water partition coefficient (Wildman–Crippen LogP) is 4.78. The lowest BCUT2D eigenvalue weighted by Crippen LogP contribution is -2.47. The first-order valence-electron chi connectivity index (χ1n) is 13.3. The number of esters is 2. The summed E-state index contributed by atoms with van der Waals surface area (Å²) in [6.07, 6.45) is 1.93. The van der Waals surface area contributed by atoms with E-state index in [0.717, 1.165) is 0 Å². The second-order valence-electron chi connectivity index (χ2n) is 11.7. The van der Waals surface area contributed by atoms with Crippen molar-refractivity contribution in [1.29, 1.82) is 0 Å². The van der Waals surface area contributed by atoms with Crippen LogP contribution >= 0.6 is 0 Å². The van der Waals surface area contributed by atoms with Crippen molar-refractivity contribution in [2.24, 2.45) is 11.3 Å². The zero-order valence-electron chi connectivity index (χ0n) is 24.3. The summed E-state index contributed by atoms with van der Waals surface area (Å²) < 4.78 is 20.7. The first kappa shape index (κ1) is 32.5. The fourth-order valence-electron chi connectivity index (χ4n) is 3.90. The Morgan fingerprint density at radius 3 is 1.51 bits per heavy atom. The lowest BCUT2D eigenvalue weighted by molar-refractivity contribution is -0.157. The summed E-state index contributed by atoms with van der Waals surface area (Å²) in [6, 6.07) is 0. The average molecular weight is 529 g/mol. The maximum atomic E-state index is 11.9. The van der Waals surface area contributed by atoms with Gasteiger partial charge in [0.25, 0.3) is 0 Å². The summed E-state index contributed by atoms with van der Waals surface area (Å²) in [6.45, 7) is 19.5. The van der Waals surface area contributed by atoms with Gasteiger partial charge >= 0.3 is 24.1 Å². The Bertz CT molecular complexity index is 768. The number of piperidine rings is 2. The number of ether oxygens (including phenoxy) is 4. The number of nitrogens with zero attached hydrogens (tertiary/aromatic N) is 2. The molecule has 0 spiro atoms. The summed E-state index contributed by atoms with van der Waals surface area (Å²) >= 11 is 0. The molecule has 2 fully saturated rings. The highest BCUT2D eigenvalue weighted by Gasteiger charge is 2.40. The maximum absolute atomic E-state index is 11.9. The minimum absolute atomic E-state index is 0.0800. The van der Waals surface area contributed by atoms with Gasteiger partial charge in [-0.15, -0.1) is 0 Å². The van der Waals surface area contributed by atoms with E-state index in [4.69, 9.17) is 18.9 Å². The minimum atomic E-state index is -0.487. The van der Waals surface area contributed by atoms with Gasteiger partial charge in [-0.2, -0.15) is 0 Å². The highest BCUT2D eigenvalue weighted by atomic mass is 16.6. The van der Waals surface area contributed by atoms with Crippen LogP contribution in [0.5, 0.6) is 0 Å². The van der Waals surface area contributed by atoms with Crippen LogP contribution in [0.1, 0.15) is 88.0 Å². The molecule has 0 unspecified atom stereocenters. The van der Waals surface area contributed by atoms with Crippen LogP contribution in [0.4, 0.5) is 9.59 Å². The number of carbonyl (C=O) groups is 4. The van der Waals surface area contributed by atoms with Crippen molar-refractivity contribution in [2.45, 2.75) is 99.2 Å². The van der Waals surface area contributed by atoms with Crippen molar-refractivity contribution < 1.29 is 38.1 Å². The van der Waals surface area contributed by atoms with Crippen molar-refractivity contribution in [2.75, 3.05) is 39.4 Å². The Hall–Kier alpha value is -2.52. The Balaban J connectivity index is 0.000000371. The monoisotopic (exact) mass is 528 g/mol. The molecule has 10 nitrogen and oxygen atoms in total. The van der Waals surface area contributed by atoms with Crippen LogP contribution in [0, 0.1) is 11.3 Å².